The third-order valence-electron chi connectivity index (χ3n) is 3.91. The zero-order chi connectivity index (χ0) is 25.5. The maximum absolute atomic E-state index is 14.3. The van der Waals surface area contributed by atoms with Crippen molar-refractivity contribution in [1.82, 2.24) is 19.7 Å². The van der Waals surface area contributed by atoms with Crippen LogP contribution in [0.3, 0.4) is 0 Å². The summed E-state index contributed by atoms with van der Waals surface area (Å²) < 4.78 is 61.5. The van der Waals surface area contributed by atoms with Crippen molar-refractivity contribution in [1.29, 1.82) is 0 Å². The summed E-state index contributed by atoms with van der Waals surface area (Å²) in [6, 6.07) is 1.14. The van der Waals surface area contributed by atoms with Crippen molar-refractivity contribution in [3.8, 4) is 11.8 Å². The Hall–Kier alpha value is -3.30. The first-order valence-electron chi connectivity index (χ1n) is 9.30. The number of amides is 2. The highest BCUT2D eigenvalue weighted by molar-refractivity contribution is 7.90. The number of anilines is 1. The van der Waals surface area contributed by atoms with Crippen molar-refractivity contribution in [2.24, 2.45) is 0 Å². The Morgan fingerprint density at radius 3 is 2.32 bits per heavy atom. The highest BCUT2D eigenvalue weighted by Crippen LogP contribution is 2.32. The molecule has 0 aliphatic rings. The van der Waals surface area contributed by atoms with E-state index < -0.39 is 56.5 Å². The highest BCUT2D eigenvalue weighted by Gasteiger charge is 2.34. The fourth-order valence-electron chi connectivity index (χ4n) is 2.54. The van der Waals surface area contributed by atoms with E-state index in [1.165, 1.54) is 27.4 Å². The second-order valence-corrected chi connectivity index (χ2v) is 8.39. The van der Waals surface area contributed by atoms with Gasteiger partial charge in [-0.25, -0.2) is 27.1 Å². The number of urea groups is 1. The number of carbonyl (C=O) groups excluding carboxylic acids is 2. The van der Waals surface area contributed by atoms with E-state index in [0.717, 1.165) is 19.2 Å². The first-order chi connectivity index (χ1) is 16.0. The van der Waals surface area contributed by atoms with Gasteiger partial charge in [0.15, 0.2) is 6.10 Å². The largest absolute Gasteiger partial charge is 0.481 e. The Balaban J connectivity index is 2.37. The zero-order valence-corrected chi connectivity index (χ0v) is 19.9. The second-order valence-electron chi connectivity index (χ2n) is 6.36. The summed E-state index contributed by atoms with van der Waals surface area (Å²) in [6.07, 6.45) is -2.57. The van der Waals surface area contributed by atoms with Gasteiger partial charge in [0.25, 0.3) is 10.0 Å². The smallest absolute Gasteiger partial charge is 0.335 e. The van der Waals surface area contributed by atoms with E-state index in [4.69, 9.17) is 25.8 Å². The third-order valence-corrected chi connectivity index (χ3v) is 5.76. The van der Waals surface area contributed by atoms with Gasteiger partial charge in [0.05, 0.1) is 25.3 Å². The number of rotatable bonds is 10. The molecule has 34 heavy (non-hydrogen) atoms. The molecule has 0 radical (unpaired) electrons. The number of hydrogen-bond acceptors (Lipinski definition) is 11. The average molecular weight is 522 g/mol. The Bertz CT molecular complexity index is 1130. The molecular weight excluding hydrogens is 501 g/mol. The second kappa shape index (κ2) is 11.7. The summed E-state index contributed by atoms with van der Waals surface area (Å²) >= 11 is 6.05. The first kappa shape index (κ1) is 26.9. The minimum absolute atomic E-state index is 0.0280. The molecule has 0 spiro atoms. The Morgan fingerprint density at radius 1 is 1.18 bits per heavy atom. The molecule has 0 aliphatic heterocycles. The Kier molecular flexibility index (Phi) is 9.28. The monoisotopic (exact) mass is 521 g/mol. The van der Waals surface area contributed by atoms with Gasteiger partial charge in [-0.15, -0.1) is 0 Å². The molecule has 0 saturated carbocycles. The van der Waals surface area contributed by atoms with Crippen LogP contribution in [-0.2, 0) is 24.3 Å². The molecule has 2 aromatic heterocycles. The van der Waals surface area contributed by atoms with E-state index in [2.05, 4.69) is 25.0 Å². The zero-order valence-electron chi connectivity index (χ0n) is 18.4. The summed E-state index contributed by atoms with van der Waals surface area (Å²) in [4.78, 5) is 35.0. The van der Waals surface area contributed by atoms with Crippen LogP contribution in [0.25, 0.3) is 0 Å². The number of pyridine rings is 1. The maximum atomic E-state index is 14.3. The lowest BCUT2D eigenvalue weighted by molar-refractivity contribution is -0.157. The Morgan fingerprint density at radius 2 is 1.79 bits per heavy atom. The molecule has 186 valence electrons. The third kappa shape index (κ3) is 6.85. The molecule has 0 fully saturated rings. The number of sulfonamides is 1. The van der Waals surface area contributed by atoms with Crippen molar-refractivity contribution < 1.29 is 41.3 Å². The van der Waals surface area contributed by atoms with Gasteiger partial charge in [-0.05, 0) is 13.0 Å². The lowest BCUT2D eigenvalue weighted by Gasteiger charge is -2.21. The van der Waals surface area contributed by atoms with Gasteiger partial charge in [0.2, 0.25) is 17.7 Å². The number of nitrogens with zero attached hydrogens (tertiary/aromatic N) is 3. The molecule has 2 rings (SSSR count). The fraction of sp³-hybridized carbons (Fsp3) is 0.389. The number of aromatic nitrogens is 3. The molecule has 16 heteroatoms. The molecule has 0 bridgehead atoms. The molecule has 2 N–H and O–H groups in total. The van der Waals surface area contributed by atoms with Crippen molar-refractivity contribution >= 4 is 39.6 Å². The van der Waals surface area contributed by atoms with Crippen LogP contribution < -0.4 is 19.5 Å². The van der Waals surface area contributed by atoms with Crippen LogP contribution >= 0.6 is 11.6 Å². The minimum Gasteiger partial charge on any atom is -0.481 e. The SMILES string of the molecule is COCC(=O)OC(c1nccc(Cl)c1S(=O)(=O)NC(=O)Nc1nc(OC)cc(OC)n1)C(C)F. The summed E-state index contributed by atoms with van der Waals surface area (Å²) in [5.74, 6) is -1.26. The van der Waals surface area contributed by atoms with Crippen molar-refractivity contribution in [2.75, 3.05) is 33.3 Å². The number of ether oxygens (including phenoxy) is 4. The molecule has 13 nitrogen and oxygen atoms in total. The first-order valence-corrected chi connectivity index (χ1v) is 11.2. The maximum Gasteiger partial charge on any atom is 0.335 e. The number of methoxy groups -OCH3 is 3. The topological polar surface area (TPSA) is 168 Å². The molecule has 2 heterocycles. The van der Waals surface area contributed by atoms with Gasteiger partial charge < -0.3 is 18.9 Å². The standard InChI is InChI=1S/C18H21ClFN5O8S/c1-9(20)15(33-13(26)8-30-2)14-16(10(19)5-6-21-14)34(28,29)25-18(27)24-17-22-11(31-3)7-12(23-17)32-4/h5-7,9,15H,8H2,1-4H3,(H2,22,23,24,25,27). The van der Waals surface area contributed by atoms with Crippen LogP contribution in [0.15, 0.2) is 23.2 Å². The van der Waals surface area contributed by atoms with Crippen LogP contribution in [0.1, 0.15) is 18.7 Å². The number of esters is 1. The van der Waals surface area contributed by atoms with Crippen molar-refractivity contribution in [3.63, 3.8) is 0 Å². The fourth-order valence-corrected chi connectivity index (χ4v) is 4.16. The van der Waals surface area contributed by atoms with Crippen molar-refractivity contribution in [2.45, 2.75) is 24.1 Å². The lowest BCUT2D eigenvalue weighted by atomic mass is 10.1. The quantitative estimate of drug-likeness (QED) is 0.436. The van der Waals surface area contributed by atoms with Crippen molar-refractivity contribution in [3.05, 3.63) is 29.0 Å². The van der Waals surface area contributed by atoms with E-state index in [9.17, 15) is 22.4 Å². The predicted octanol–water partition coefficient (Wildman–Crippen LogP) is 1.64. The average Bonchev–Trinajstić information content (AvgIpc) is 2.76. The van der Waals surface area contributed by atoms with Gasteiger partial charge in [-0.3, -0.25) is 10.3 Å². The highest BCUT2D eigenvalue weighted by atomic mass is 35.5. The van der Waals surface area contributed by atoms with Gasteiger partial charge in [-0.1, -0.05) is 11.6 Å². The summed E-state index contributed by atoms with van der Waals surface area (Å²) in [6.45, 7) is 0.508. The summed E-state index contributed by atoms with van der Waals surface area (Å²) in [7, 11) is -0.929. The summed E-state index contributed by atoms with van der Waals surface area (Å²) in [5, 5.41) is 1.70. The van der Waals surface area contributed by atoms with Crippen LogP contribution in [0.5, 0.6) is 11.8 Å². The van der Waals surface area contributed by atoms with Crippen LogP contribution in [0.2, 0.25) is 5.02 Å². The molecular formula is C18H21ClFN5O8S. The number of alkyl halides is 1. The predicted molar refractivity (Wildman–Crippen MR) is 115 cm³/mol. The van der Waals surface area contributed by atoms with Gasteiger partial charge in [0, 0.05) is 13.3 Å². The van der Waals surface area contributed by atoms with Gasteiger partial charge >= 0.3 is 12.0 Å². The number of carbonyl (C=O) groups is 2. The summed E-state index contributed by atoms with van der Waals surface area (Å²) in [5.41, 5.74) is -0.536. The lowest BCUT2D eigenvalue weighted by Crippen LogP contribution is -2.36. The van der Waals surface area contributed by atoms with E-state index >= 15 is 0 Å². The normalized spacial score (nSPS) is 12.9. The molecule has 2 atom stereocenters. The van der Waals surface area contributed by atoms with E-state index in [-0.39, 0.29) is 17.7 Å². The number of hydrogen-bond donors (Lipinski definition) is 2. The van der Waals surface area contributed by atoms with Gasteiger partial charge in [0.1, 0.15) is 23.4 Å². The van der Waals surface area contributed by atoms with Crippen LogP contribution in [0, 0.1) is 0 Å². The minimum atomic E-state index is -4.76. The molecule has 2 amide bonds. The Labute approximate surface area is 199 Å². The molecule has 0 aromatic carbocycles. The molecule has 2 aromatic rings. The number of nitrogens with one attached hydrogen (secondary N) is 2. The molecule has 0 saturated heterocycles. The van der Waals surface area contributed by atoms with Crippen LogP contribution in [0.4, 0.5) is 15.1 Å². The van der Waals surface area contributed by atoms with E-state index in [1.807, 2.05) is 0 Å². The van der Waals surface area contributed by atoms with Gasteiger partial charge in [-0.2, -0.15) is 9.97 Å². The molecule has 0 aliphatic carbocycles. The van der Waals surface area contributed by atoms with E-state index in [1.54, 1.807) is 4.72 Å². The molecule has 2 unspecified atom stereocenters. The van der Waals surface area contributed by atoms with Crippen LogP contribution in [-0.4, -0.2) is 69.5 Å². The van der Waals surface area contributed by atoms with E-state index in [0.29, 0.717) is 0 Å². The number of halogens is 2.